The van der Waals surface area contributed by atoms with Crippen LogP contribution in [0, 0.1) is 0 Å². The van der Waals surface area contributed by atoms with E-state index in [-0.39, 0.29) is 21.7 Å². The Morgan fingerprint density at radius 2 is 0.803 bits per heavy atom. The molecule has 0 radical (unpaired) electrons. The van der Waals surface area contributed by atoms with Gasteiger partial charge in [-0.05, 0) is 156 Å². The monoisotopic (exact) mass is 979 g/mol. The molecule has 0 unspecified atom stereocenters. The third-order valence-electron chi connectivity index (χ3n) is 19.0. The Bertz CT molecular complexity index is 4830. The van der Waals surface area contributed by atoms with Crippen LogP contribution in [0.15, 0.2) is 189 Å². The molecule has 0 saturated carbocycles. The van der Waals surface area contributed by atoms with Crippen LogP contribution in [-0.2, 0) is 21.7 Å². The van der Waals surface area contributed by atoms with Gasteiger partial charge >= 0.3 is 0 Å². The molecule has 0 amide bonds. The Labute approximate surface area is 440 Å². The third kappa shape index (κ3) is 5.02. The number of para-hydroxylation sites is 3. The molecule has 17 rings (SSSR count). The minimum absolute atomic E-state index is 0.195. The lowest BCUT2D eigenvalue weighted by Crippen LogP contribution is -2.24. The fourth-order valence-corrected chi connectivity index (χ4v) is 15.4. The van der Waals surface area contributed by atoms with Crippen LogP contribution in [0.4, 0.5) is 17.1 Å². The van der Waals surface area contributed by atoms with E-state index in [0.29, 0.717) is 0 Å². The van der Waals surface area contributed by atoms with Crippen LogP contribution in [0.3, 0.4) is 0 Å². The van der Waals surface area contributed by atoms with E-state index >= 15 is 0 Å². The van der Waals surface area contributed by atoms with Crippen molar-refractivity contribution < 1.29 is 13.3 Å². The van der Waals surface area contributed by atoms with Crippen LogP contribution in [-0.4, -0.2) is 0 Å². The van der Waals surface area contributed by atoms with Gasteiger partial charge in [0.1, 0.15) is 33.5 Å². The van der Waals surface area contributed by atoms with Crippen LogP contribution >= 0.6 is 0 Å². The number of hydrogen-bond donors (Lipinski definition) is 0. The van der Waals surface area contributed by atoms with E-state index in [4.69, 9.17) is 13.3 Å². The molecular formula is C72H53NO3. The molecule has 76 heavy (non-hydrogen) atoms. The maximum atomic E-state index is 7.10. The van der Waals surface area contributed by atoms with Gasteiger partial charge in [-0.3, -0.25) is 0 Å². The number of benzene rings is 10. The summed E-state index contributed by atoms with van der Waals surface area (Å²) in [5.74, 6) is 0. The van der Waals surface area contributed by atoms with Crippen molar-refractivity contribution in [2.45, 2.75) is 77.0 Å². The predicted octanol–water partition coefficient (Wildman–Crippen LogP) is 20.1. The SMILES string of the molecule is CC1(C)c2cc(N(c3ccc4c(c3)C(C)(C)c3c5c(c6c(oc7ccccc76)c3-4)-c3ccccc3C5(C)C)c3cccc4oc5ccccc5c34)ccc2-c2cc3c(cc21)-c1c(ccc2oc4ccccc4c12)C3(C)C. The molecule has 0 N–H and O–H groups in total. The first-order chi connectivity index (χ1) is 36.7. The van der Waals surface area contributed by atoms with Crippen LogP contribution in [0.1, 0.15) is 99.9 Å². The second-order valence-electron chi connectivity index (χ2n) is 24.3. The molecule has 0 fully saturated rings. The molecule has 0 aliphatic heterocycles. The first-order valence-electron chi connectivity index (χ1n) is 27.0. The molecule has 0 spiro atoms. The first kappa shape index (κ1) is 42.7. The lowest BCUT2D eigenvalue weighted by molar-refractivity contribution is 0.600. The van der Waals surface area contributed by atoms with Crippen molar-refractivity contribution in [3.8, 4) is 44.5 Å². The molecule has 364 valence electrons. The van der Waals surface area contributed by atoms with E-state index in [1.165, 1.54) is 111 Å². The summed E-state index contributed by atoms with van der Waals surface area (Å²) < 4.78 is 20.3. The summed E-state index contributed by atoms with van der Waals surface area (Å²) in [5, 5.41) is 6.97. The number of hydrogen-bond acceptors (Lipinski definition) is 4. The van der Waals surface area contributed by atoms with Crippen LogP contribution in [0.5, 0.6) is 0 Å². The van der Waals surface area contributed by atoms with Gasteiger partial charge in [0.25, 0.3) is 0 Å². The minimum atomic E-state index is -0.375. The average Bonchev–Trinajstić information content (AvgIpc) is 4.47. The van der Waals surface area contributed by atoms with Gasteiger partial charge in [-0.2, -0.15) is 0 Å². The Kier molecular flexibility index (Phi) is 7.76. The van der Waals surface area contributed by atoms with E-state index in [0.717, 1.165) is 61.3 Å². The van der Waals surface area contributed by atoms with E-state index < -0.39 is 0 Å². The Hall–Kier alpha value is -8.60. The minimum Gasteiger partial charge on any atom is -0.456 e. The van der Waals surface area contributed by atoms with Gasteiger partial charge in [0, 0.05) is 65.5 Å². The highest BCUT2D eigenvalue weighted by Crippen LogP contribution is 2.64. The van der Waals surface area contributed by atoms with E-state index in [2.05, 4.69) is 236 Å². The van der Waals surface area contributed by atoms with Gasteiger partial charge in [-0.15, -0.1) is 0 Å². The van der Waals surface area contributed by atoms with E-state index in [1.807, 2.05) is 0 Å². The number of nitrogens with zero attached hydrogens (tertiary/aromatic N) is 1. The zero-order chi connectivity index (χ0) is 51.1. The highest BCUT2D eigenvalue weighted by molar-refractivity contribution is 6.21. The fraction of sp³-hybridized carbons (Fsp3) is 0.167. The molecule has 0 bridgehead atoms. The molecule has 4 aliphatic carbocycles. The van der Waals surface area contributed by atoms with Crippen molar-refractivity contribution in [3.05, 3.63) is 220 Å². The Morgan fingerprint density at radius 3 is 1.53 bits per heavy atom. The van der Waals surface area contributed by atoms with Gasteiger partial charge < -0.3 is 18.2 Å². The van der Waals surface area contributed by atoms with Gasteiger partial charge in [-0.25, -0.2) is 0 Å². The first-order valence-corrected chi connectivity index (χ1v) is 27.0. The van der Waals surface area contributed by atoms with Crippen molar-refractivity contribution in [2.24, 2.45) is 0 Å². The number of fused-ring (bicyclic) bond motifs is 25. The third-order valence-corrected chi connectivity index (χ3v) is 19.0. The summed E-state index contributed by atoms with van der Waals surface area (Å²) in [6, 6.07) is 65.2. The summed E-state index contributed by atoms with van der Waals surface area (Å²) in [6.07, 6.45) is 0. The maximum Gasteiger partial charge on any atom is 0.144 e. The molecule has 0 saturated heterocycles. The summed E-state index contributed by atoms with van der Waals surface area (Å²) in [4.78, 5) is 2.50. The molecule has 3 heterocycles. The van der Waals surface area contributed by atoms with Crippen LogP contribution in [0.2, 0.25) is 0 Å². The van der Waals surface area contributed by atoms with Crippen molar-refractivity contribution >= 4 is 82.9 Å². The standard InChI is InChI=1S/C72H53NO3/c1-69(2)49-32-33-59-62(44-20-11-15-25-56(44)75-59)60(49)47-37-52-46(36-53(47)69)40-30-28-38(34-50(40)70(52,3)4)73(54-23-17-27-58-61(54)43-19-10-14-24-55(43)74-58)39-29-31-42-51(35-39)72(7,8)67-65(42)68-64(45-21-12-16-26-57(45)76-68)63-41-18-9-13-22-48(41)71(5,6)66(63)67/h9-37H,1-8H3. The second-order valence-corrected chi connectivity index (χ2v) is 24.3. The molecule has 4 heteroatoms. The lowest BCUT2D eigenvalue weighted by atomic mass is 9.72. The predicted molar refractivity (Wildman–Crippen MR) is 313 cm³/mol. The second kappa shape index (κ2) is 13.8. The fourth-order valence-electron chi connectivity index (χ4n) is 15.4. The Morgan fingerprint density at radius 1 is 0.303 bits per heavy atom. The summed E-state index contributed by atoms with van der Waals surface area (Å²) >= 11 is 0. The zero-order valence-corrected chi connectivity index (χ0v) is 43.9. The van der Waals surface area contributed by atoms with Gasteiger partial charge in [0.2, 0.25) is 0 Å². The average molecular weight is 980 g/mol. The molecule has 0 atom stereocenters. The quantitative estimate of drug-likeness (QED) is 0.177. The number of furan rings is 3. The van der Waals surface area contributed by atoms with E-state index in [9.17, 15) is 0 Å². The highest BCUT2D eigenvalue weighted by Gasteiger charge is 2.49. The maximum absolute atomic E-state index is 7.10. The molecule has 13 aromatic rings. The van der Waals surface area contributed by atoms with Crippen LogP contribution in [0.25, 0.3) is 110 Å². The van der Waals surface area contributed by atoms with Gasteiger partial charge in [0.15, 0.2) is 0 Å². The topological polar surface area (TPSA) is 42.7 Å². The molecule has 10 aromatic carbocycles. The molecule has 3 aromatic heterocycles. The number of rotatable bonds is 3. The largest absolute Gasteiger partial charge is 0.456 e. The van der Waals surface area contributed by atoms with Gasteiger partial charge in [0.05, 0.1) is 11.1 Å². The number of anilines is 3. The summed E-state index contributed by atoms with van der Waals surface area (Å²) in [5.41, 5.74) is 28.9. The molecule has 4 aliphatic rings. The summed E-state index contributed by atoms with van der Waals surface area (Å²) in [7, 11) is 0. The zero-order valence-electron chi connectivity index (χ0n) is 43.9. The Balaban J connectivity index is 0.885. The van der Waals surface area contributed by atoms with E-state index in [1.54, 1.807) is 0 Å². The molecular weight excluding hydrogens is 927 g/mol. The van der Waals surface area contributed by atoms with Crippen molar-refractivity contribution in [2.75, 3.05) is 4.90 Å². The molecule has 4 nitrogen and oxygen atoms in total. The lowest BCUT2D eigenvalue weighted by Gasteiger charge is -2.32. The van der Waals surface area contributed by atoms with Crippen LogP contribution < -0.4 is 4.90 Å². The van der Waals surface area contributed by atoms with Gasteiger partial charge in [-0.1, -0.05) is 159 Å². The normalized spacial score (nSPS) is 16.3. The van der Waals surface area contributed by atoms with Crippen molar-refractivity contribution in [1.82, 2.24) is 0 Å². The summed E-state index contributed by atoms with van der Waals surface area (Å²) in [6.45, 7) is 19.4. The smallest absolute Gasteiger partial charge is 0.144 e. The van der Waals surface area contributed by atoms with Crippen molar-refractivity contribution in [1.29, 1.82) is 0 Å². The highest BCUT2D eigenvalue weighted by atomic mass is 16.3. The van der Waals surface area contributed by atoms with Crippen molar-refractivity contribution in [3.63, 3.8) is 0 Å².